The van der Waals surface area contributed by atoms with Crippen molar-refractivity contribution in [1.29, 1.82) is 0 Å². The lowest BCUT2D eigenvalue weighted by Crippen LogP contribution is -2.39. The molecule has 0 radical (unpaired) electrons. The van der Waals surface area contributed by atoms with E-state index in [4.69, 9.17) is 5.11 Å². The van der Waals surface area contributed by atoms with Crippen LogP contribution in [0.25, 0.3) is 0 Å². The van der Waals surface area contributed by atoms with Gasteiger partial charge >= 0.3 is 5.97 Å². The number of carbonyl (C=O) groups excluding carboxylic acids is 2. The third-order valence-electron chi connectivity index (χ3n) is 2.96. The lowest BCUT2D eigenvalue weighted by atomic mass is 9.89. The molecule has 0 unspecified atom stereocenters. The van der Waals surface area contributed by atoms with E-state index in [9.17, 15) is 14.4 Å². The van der Waals surface area contributed by atoms with Crippen LogP contribution in [0.2, 0.25) is 0 Å². The van der Waals surface area contributed by atoms with E-state index in [0.29, 0.717) is 6.54 Å². The zero-order valence-electron chi connectivity index (χ0n) is 12.2. The van der Waals surface area contributed by atoms with Gasteiger partial charge < -0.3 is 15.7 Å². The Morgan fingerprint density at radius 3 is 2.24 bits per heavy atom. The molecule has 1 aromatic rings. The molecule has 0 aliphatic carbocycles. The van der Waals surface area contributed by atoms with E-state index in [-0.39, 0.29) is 18.9 Å². The largest absolute Gasteiger partial charge is 0.481 e. The Kier molecular flexibility index (Phi) is 5.90. The van der Waals surface area contributed by atoms with Gasteiger partial charge in [-0.2, -0.15) is 0 Å². The Labute approximate surface area is 123 Å². The first-order chi connectivity index (χ1) is 9.81. The second kappa shape index (κ2) is 7.42. The highest BCUT2D eigenvalue weighted by Crippen LogP contribution is 2.19. The molecule has 114 valence electrons. The summed E-state index contributed by atoms with van der Waals surface area (Å²) >= 11 is 0. The Morgan fingerprint density at radius 1 is 1.05 bits per heavy atom. The maximum absolute atomic E-state index is 11.6. The van der Waals surface area contributed by atoms with Crippen LogP contribution in [0.15, 0.2) is 30.3 Å². The third-order valence-corrected chi connectivity index (χ3v) is 2.96. The minimum Gasteiger partial charge on any atom is -0.481 e. The van der Waals surface area contributed by atoms with Gasteiger partial charge in [0.2, 0.25) is 11.8 Å². The van der Waals surface area contributed by atoms with Crippen LogP contribution in [0.5, 0.6) is 0 Å². The van der Waals surface area contributed by atoms with Crippen molar-refractivity contribution in [2.75, 3.05) is 6.54 Å². The number of hydrogen-bond donors (Lipinski definition) is 3. The van der Waals surface area contributed by atoms with Gasteiger partial charge in [0.15, 0.2) is 0 Å². The highest BCUT2D eigenvalue weighted by atomic mass is 16.4. The van der Waals surface area contributed by atoms with E-state index < -0.39 is 17.3 Å². The summed E-state index contributed by atoms with van der Waals surface area (Å²) in [5.74, 6) is -1.83. The summed E-state index contributed by atoms with van der Waals surface area (Å²) in [5.41, 5.74) is -0.186. The van der Waals surface area contributed by atoms with Crippen molar-refractivity contribution in [3.63, 3.8) is 0 Å². The fourth-order valence-corrected chi connectivity index (χ4v) is 1.58. The van der Waals surface area contributed by atoms with Gasteiger partial charge in [0.25, 0.3) is 0 Å². The van der Waals surface area contributed by atoms with Crippen LogP contribution in [-0.4, -0.2) is 29.4 Å². The molecular formula is C15H20N2O4. The number of carbonyl (C=O) groups is 3. The van der Waals surface area contributed by atoms with E-state index >= 15 is 0 Å². The summed E-state index contributed by atoms with van der Waals surface area (Å²) < 4.78 is 0. The van der Waals surface area contributed by atoms with E-state index in [1.165, 1.54) is 13.8 Å². The summed E-state index contributed by atoms with van der Waals surface area (Å²) in [6.45, 7) is 3.15. The molecule has 0 heterocycles. The first-order valence-electron chi connectivity index (χ1n) is 6.62. The van der Waals surface area contributed by atoms with E-state index in [1.54, 1.807) is 0 Å². The van der Waals surface area contributed by atoms with Crippen LogP contribution in [-0.2, 0) is 20.9 Å². The molecule has 1 rings (SSSR count). The van der Waals surface area contributed by atoms with Crippen LogP contribution >= 0.6 is 0 Å². The summed E-state index contributed by atoms with van der Waals surface area (Å²) in [6, 6.07) is 9.40. The molecule has 21 heavy (non-hydrogen) atoms. The minimum absolute atomic E-state index is 0.165. The van der Waals surface area contributed by atoms with Gasteiger partial charge in [-0.3, -0.25) is 14.4 Å². The number of rotatable bonds is 7. The van der Waals surface area contributed by atoms with Crippen molar-refractivity contribution in [2.24, 2.45) is 5.41 Å². The van der Waals surface area contributed by atoms with Gasteiger partial charge in [0.05, 0.1) is 12.0 Å². The Bertz CT molecular complexity index is 512. The predicted molar refractivity (Wildman–Crippen MR) is 77.3 cm³/mol. The maximum atomic E-state index is 11.6. The molecule has 0 fully saturated rings. The van der Waals surface area contributed by atoms with E-state index in [0.717, 1.165) is 5.56 Å². The quantitative estimate of drug-likeness (QED) is 0.696. The molecule has 0 aliphatic rings. The van der Waals surface area contributed by atoms with Gasteiger partial charge in [-0.1, -0.05) is 30.3 Å². The van der Waals surface area contributed by atoms with Crippen LogP contribution < -0.4 is 10.6 Å². The predicted octanol–water partition coefficient (Wildman–Crippen LogP) is 0.920. The number of benzene rings is 1. The molecule has 0 spiro atoms. The summed E-state index contributed by atoms with van der Waals surface area (Å²) in [6.07, 6.45) is -0.172. The van der Waals surface area contributed by atoms with Crippen molar-refractivity contribution in [1.82, 2.24) is 10.6 Å². The molecule has 0 bridgehead atoms. The van der Waals surface area contributed by atoms with Gasteiger partial charge in [0.1, 0.15) is 0 Å². The molecule has 1 aromatic carbocycles. The molecule has 0 saturated heterocycles. The zero-order valence-corrected chi connectivity index (χ0v) is 12.2. The van der Waals surface area contributed by atoms with Crippen LogP contribution in [0.3, 0.4) is 0 Å². The molecule has 6 nitrogen and oxygen atoms in total. The molecule has 0 aromatic heterocycles. The van der Waals surface area contributed by atoms with Crippen molar-refractivity contribution >= 4 is 17.8 Å². The number of aliphatic carboxylic acids is 1. The van der Waals surface area contributed by atoms with Crippen LogP contribution in [0, 0.1) is 5.41 Å². The second-order valence-electron chi connectivity index (χ2n) is 5.40. The molecule has 3 N–H and O–H groups in total. The van der Waals surface area contributed by atoms with Crippen molar-refractivity contribution in [2.45, 2.75) is 26.8 Å². The van der Waals surface area contributed by atoms with E-state index in [2.05, 4.69) is 10.6 Å². The number of nitrogens with one attached hydrogen (secondary N) is 2. The number of hydrogen-bond acceptors (Lipinski definition) is 3. The zero-order chi connectivity index (χ0) is 15.9. The Balaban J connectivity index is 2.30. The van der Waals surface area contributed by atoms with E-state index in [1.807, 2.05) is 30.3 Å². The molecular weight excluding hydrogens is 272 g/mol. The monoisotopic (exact) mass is 292 g/mol. The SMILES string of the molecule is CC(C)(CC(=O)NCC(=O)NCc1ccccc1)C(=O)O. The normalized spacial score (nSPS) is 10.8. The van der Waals surface area contributed by atoms with Crippen LogP contribution in [0.4, 0.5) is 0 Å². The average molecular weight is 292 g/mol. The summed E-state index contributed by atoms with van der Waals surface area (Å²) in [4.78, 5) is 34.1. The molecule has 2 amide bonds. The van der Waals surface area contributed by atoms with Crippen molar-refractivity contribution in [3.05, 3.63) is 35.9 Å². The molecule has 0 aliphatic heterocycles. The lowest BCUT2D eigenvalue weighted by Gasteiger charge is -2.18. The average Bonchev–Trinajstić information content (AvgIpc) is 2.43. The molecule has 0 atom stereocenters. The van der Waals surface area contributed by atoms with Gasteiger partial charge in [0, 0.05) is 13.0 Å². The fourth-order valence-electron chi connectivity index (χ4n) is 1.58. The Morgan fingerprint density at radius 2 is 1.67 bits per heavy atom. The third kappa shape index (κ3) is 6.07. The first kappa shape index (κ1) is 16.7. The van der Waals surface area contributed by atoms with Crippen molar-refractivity contribution < 1.29 is 19.5 Å². The highest BCUT2D eigenvalue weighted by molar-refractivity contribution is 5.87. The topological polar surface area (TPSA) is 95.5 Å². The van der Waals surface area contributed by atoms with Gasteiger partial charge in [-0.15, -0.1) is 0 Å². The first-order valence-corrected chi connectivity index (χ1v) is 6.62. The molecule has 0 saturated carbocycles. The Hall–Kier alpha value is -2.37. The highest BCUT2D eigenvalue weighted by Gasteiger charge is 2.30. The maximum Gasteiger partial charge on any atom is 0.309 e. The van der Waals surface area contributed by atoms with Crippen molar-refractivity contribution in [3.8, 4) is 0 Å². The van der Waals surface area contributed by atoms with Gasteiger partial charge in [-0.25, -0.2) is 0 Å². The standard InChI is InChI=1S/C15H20N2O4/c1-15(2,14(20)21)8-12(18)17-10-13(19)16-9-11-6-4-3-5-7-11/h3-7H,8-10H2,1-2H3,(H,16,19)(H,17,18)(H,20,21). The smallest absolute Gasteiger partial charge is 0.309 e. The lowest BCUT2D eigenvalue weighted by molar-refractivity contribution is -0.149. The number of carboxylic acids is 1. The van der Waals surface area contributed by atoms with Gasteiger partial charge in [-0.05, 0) is 19.4 Å². The number of amides is 2. The summed E-state index contributed by atoms with van der Waals surface area (Å²) in [7, 11) is 0. The molecule has 6 heteroatoms. The van der Waals surface area contributed by atoms with Crippen LogP contribution in [0.1, 0.15) is 25.8 Å². The minimum atomic E-state index is -1.15. The summed E-state index contributed by atoms with van der Waals surface area (Å²) in [5, 5.41) is 14.0. The second-order valence-corrected chi connectivity index (χ2v) is 5.40. The number of carboxylic acid groups (broad SMARTS) is 1. The fraction of sp³-hybridized carbons (Fsp3) is 0.400.